The Labute approximate surface area is 113 Å². The third-order valence-corrected chi connectivity index (χ3v) is 3.04. The lowest BCUT2D eigenvalue weighted by Gasteiger charge is -2.07. The normalized spacial score (nSPS) is 11.4. The Kier molecular flexibility index (Phi) is 3.95. The molecule has 0 atom stereocenters. The fourth-order valence-electron chi connectivity index (χ4n) is 1.84. The molecule has 3 heteroatoms. The van der Waals surface area contributed by atoms with Crippen molar-refractivity contribution in [3.05, 3.63) is 48.3 Å². The van der Waals surface area contributed by atoms with Crippen LogP contribution in [0.1, 0.15) is 19.4 Å². The topological polar surface area (TPSA) is 42.0 Å². The molecule has 0 aliphatic heterocycles. The van der Waals surface area contributed by atoms with Gasteiger partial charge in [0.15, 0.2) is 5.78 Å². The van der Waals surface area contributed by atoms with E-state index in [1.807, 2.05) is 38.1 Å². The van der Waals surface area contributed by atoms with Crippen molar-refractivity contribution >= 4 is 22.4 Å². The first kappa shape index (κ1) is 13.3. The van der Waals surface area contributed by atoms with Gasteiger partial charge in [0.1, 0.15) is 0 Å². The molecule has 1 aromatic carbocycles. The van der Waals surface area contributed by atoms with Gasteiger partial charge < -0.3 is 5.32 Å². The van der Waals surface area contributed by atoms with Gasteiger partial charge in [-0.3, -0.25) is 9.78 Å². The number of aromatic nitrogens is 1. The van der Waals surface area contributed by atoms with Crippen molar-refractivity contribution in [2.24, 2.45) is 5.92 Å². The van der Waals surface area contributed by atoms with Gasteiger partial charge in [0.05, 0.1) is 11.2 Å². The fourth-order valence-corrected chi connectivity index (χ4v) is 1.84. The molecule has 1 N–H and O–H groups in total. The summed E-state index contributed by atoms with van der Waals surface area (Å²) in [6.45, 7) is 5.83. The van der Waals surface area contributed by atoms with E-state index in [0.717, 1.165) is 16.6 Å². The molecule has 98 valence electrons. The predicted molar refractivity (Wildman–Crippen MR) is 79.1 cm³/mol. The van der Waals surface area contributed by atoms with Crippen LogP contribution in [0.3, 0.4) is 0 Å². The lowest BCUT2D eigenvalue weighted by Crippen LogP contribution is -2.03. The predicted octanol–water partition coefficient (Wildman–Crippen LogP) is 3.69. The Balaban J connectivity index is 2.27. The summed E-state index contributed by atoms with van der Waals surface area (Å²) in [7, 11) is 0. The Morgan fingerprint density at radius 1 is 1.32 bits per heavy atom. The van der Waals surface area contributed by atoms with Crippen LogP contribution in [0, 0.1) is 12.8 Å². The maximum Gasteiger partial charge on any atom is 0.159 e. The summed E-state index contributed by atoms with van der Waals surface area (Å²) < 4.78 is 0. The van der Waals surface area contributed by atoms with Crippen molar-refractivity contribution < 1.29 is 4.79 Å². The van der Waals surface area contributed by atoms with Gasteiger partial charge in [0.2, 0.25) is 0 Å². The summed E-state index contributed by atoms with van der Waals surface area (Å²) in [4.78, 5) is 15.9. The molecule has 0 spiro atoms. The van der Waals surface area contributed by atoms with Crippen molar-refractivity contribution in [3.63, 3.8) is 0 Å². The zero-order chi connectivity index (χ0) is 13.8. The highest BCUT2D eigenvalue weighted by atomic mass is 16.1. The van der Waals surface area contributed by atoms with Gasteiger partial charge >= 0.3 is 0 Å². The van der Waals surface area contributed by atoms with Crippen LogP contribution in [0.4, 0.5) is 5.69 Å². The van der Waals surface area contributed by atoms with E-state index in [2.05, 4.69) is 17.2 Å². The van der Waals surface area contributed by atoms with E-state index in [1.54, 1.807) is 18.5 Å². The maximum atomic E-state index is 11.5. The molecular weight excluding hydrogens is 236 g/mol. The first-order valence-electron chi connectivity index (χ1n) is 6.41. The number of benzene rings is 1. The highest BCUT2D eigenvalue weighted by Crippen LogP contribution is 2.23. The third-order valence-electron chi connectivity index (χ3n) is 3.04. The van der Waals surface area contributed by atoms with Crippen molar-refractivity contribution in [2.45, 2.75) is 20.8 Å². The summed E-state index contributed by atoms with van der Waals surface area (Å²) in [5.74, 6) is 0.128. The van der Waals surface area contributed by atoms with Crippen molar-refractivity contribution in [1.82, 2.24) is 4.98 Å². The molecule has 1 heterocycles. The van der Waals surface area contributed by atoms with Crippen LogP contribution in [0.5, 0.6) is 0 Å². The number of fused-ring (bicyclic) bond motifs is 1. The van der Waals surface area contributed by atoms with Crippen LogP contribution in [0.2, 0.25) is 0 Å². The first-order chi connectivity index (χ1) is 9.09. The smallest absolute Gasteiger partial charge is 0.159 e. The highest BCUT2D eigenvalue weighted by Gasteiger charge is 2.04. The number of nitrogens with zero attached hydrogens (tertiary/aromatic N) is 1. The van der Waals surface area contributed by atoms with Crippen LogP contribution >= 0.6 is 0 Å². The second kappa shape index (κ2) is 5.65. The van der Waals surface area contributed by atoms with Gasteiger partial charge in [0.25, 0.3) is 0 Å². The quantitative estimate of drug-likeness (QED) is 0.846. The van der Waals surface area contributed by atoms with Gasteiger partial charge in [0, 0.05) is 23.7 Å². The number of aryl methyl sites for hydroxylation is 1. The molecule has 0 amide bonds. The number of carbonyl (C=O) groups is 1. The SMILES string of the molecule is Cc1ccnc2c(NC=CC(=O)C(C)C)cccc12. The number of para-hydroxylation sites is 1. The number of carbonyl (C=O) groups excluding carboxylic acids is 1. The minimum atomic E-state index is 0.0194. The molecule has 0 aliphatic rings. The van der Waals surface area contributed by atoms with Crippen molar-refractivity contribution in [2.75, 3.05) is 5.32 Å². The number of nitrogens with one attached hydrogen (secondary N) is 1. The van der Waals surface area contributed by atoms with Gasteiger partial charge in [-0.25, -0.2) is 0 Å². The Hall–Kier alpha value is -2.16. The van der Waals surface area contributed by atoms with Gasteiger partial charge in [-0.15, -0.1) is 0 Å². The summed E-state index contributed by atoms with van der Waals surface area (Å²) in [5, 5.41) is 4.26. The minimum absolute atomic E-state index is 0.0194. The number of pyridine rings is 1. The monoisotopic (exact) mass is 254 g/mol. The lowest BCUT2D eigenvalue weighted by molar-refractivity contribution is -0.117. The highest BCUT2D eigenvalue weighted by molar-refractivity contribution is 5.94. The van der Waals surface area contributed by atoms with E-state index >= 15 is 0 Å². The number of hydrogen-bond donors (Lipinski definition) is 1. The van der Waals surface area contributed by atoms with Crippen LogP contribution < -0.4 is 5.32 Å². The first-order valence-corrected chi connectivity index (χ1v) is 6.41. The molecule has 0 radical (unpaired) electrons. The average molecular weight is 254 g/mol. The van der Waals surface area contributed by atoms with Gasteiger partial charge in [-0.2, -0.15) is 0 Å². The Morgan fingerprint density at radius 2 is 2.11 bits per heavy atom. The molecule has 0 fully saturated rings. The summed E-state index contributed by atoms with van der Waals surface area (Å²) >= 11 is 0. The van der Waals surface area contributed by atoms with Crippen LogP contribution in [0.15, 0.2) is 42.7 Å². The number of ketones is 1. The molecule has 0 bridgehead atoms. The van der Waals surface area contributed by atoms with Crippen molar-refractivity contribution in [1.29, 1.82) is 0 Å². The van der Waals surface area contributed by atoms with E-state index in [4.69, 9.17) is 0 Å². The molecule has 0 saturated heterocycles. The standard InChI is InChI=1S/C16H18N2O/c1-11(2)15(19)8-10-17-14-6-4-5-13-12(3)7-9-18-16(13)14/h4-11,17H,1-3H3. The summed E-state index contributed by atoms with van der Waals surface area (Å²) in [5.41, 5.74) is 3.02. The third kappa shape index (κ3) is 2.99. The van der Waals surface area contributed by atoms with Gasteiger partial charge in [-0.1, -0.05) is 26.0 Å². The zero-order valence-corrected chi connectivity index (χ0v) is 11.5. The largest absolute Gasteiger partial charge is 0.360 e. The molecule has 0 aliphatic carbocycles. The van der Waals surface area contributed by atoms with Crippen LogP contribution in [-0.4, -0.2) is 10.8 Å². The number of anilines is 1. The second-order valence-corrected chi connectivity index (χ2v) is 4.86. The minimum Gasteiger partial charge on any atom is -0.360 e. The number of rotatable bonds is 4. The molecule has 2 aromatic rings. The molecule has 0 saturated carbocycles. The van der Waals surface area contributed by atoms with E-state index in [0.29, 0.717) is 0 Å². The molecule has 1 aromatic heterocycles. The second-order valence-electron chi connectivity index (χ2n) is 4.86. The summed E-state index contributed by atoms with van der Waals surface area (Å²) in [6.07, 6.45) is 5.05. The maximum absolute atomic E-state index is 11.5. The number of allylic oxidation sites excluding steroid dienone is 1. The molecule has 19 heavy (non-hydrogen) atoms. The van der Waals surface area contributed by atoms with E-state index in [-0.39, 0.29) is 11.7 Å². The lowest BCUT2D eigenvalue weighted by atomic mass is 10.1. The molecular formula is C16H18N2O. The molecule has 2 rings (SSSR count). The molecule has 0 unspecified atom stereocenters. The van der Waals surface area contributed by atoms with Crippen LogP contribution in [-0.2, 0) is 4.79 Å². The zero-order valence-electron chi connectivity index (χ0n) is 11.5. The molecule has 3 nitrogen and oxygen atoms in total. The number of hydrogen-bond acceptors (Lipinski definition) is 3. The summed E-state index contributed by atoms with van der Waals surface area (Å²) in [6, 6.07) is 7.98. The average Bonchev–Trinajstić information content (AvgIpc) is 2.39. The fraction of sp³-hybridized carbons (Fsp3) is 0.250. The Morgan fingerprint density at radius 3 is 2.84 bits per heavy atom. The van der Waals surface area contributed by atoms with Crippen molar-refractivity contribution in [3.8, 4) is 0 Å². The van der Waals surface area contributed by atoms with E-state index in [1.165, 1.54) is 5.56 Å². The van der Waals surface area contributed by atoms with E-state index in [9.17, 15) is 4.79 Å². The van der Waals surface area contributed by atoms with E-state index < -0.39 is 0 Å². The van der Waals surface area contributed by atoms with Crippen LogP contribution in [0.25, 0.3) is 10.9 Å². The van der Waals surface area contributed by atoms with Gasteiger partial charge in [-0.05, 0) is 30.7 Å². The Bertz CT molecular complexity index is 630.